The Bertz CT molecular complexity index is 705. The molecule has 0 aromatic heterocycles. The van der Waals surface area contributed by atoms with E-state index in [9.17, 15) is 32.9 Å². The summed E-state index contributed by atoms with van der Waals surface area (Å²) in [6.45, 7) is 1.77. The Labute approximate surface area is 145 Å². The third kappa shape index (κ3) is 6.42. The van der Waals surface area contributed by atoms with Gasteiger partial charge in [-0.1, -0.05) is 6.08 Å². The number of ether oxygens (including phenoxy) is 1. The quantitative estimate of drug-likeness (QED) is 0.389. The normalized spacial score (nSPS) is 12.1. The third-order valence-corrected chi connectivity index (χ3v) is 3.07. The zero-order valence-corrected chi connectivity index (χ0v) is 13.3. The molecule has 0 aliphatic heterocycles. The van der Waals surface area contributed by atoms with Gasteiger partial charge in [0, 0.05) is 6.07 Å². The summed E-state index contributed by atoms with van der Waals surface area (Å²) < 4.78 is 41.1. The number of nitrogens with zero attached hydrogens (tertiary/aromatic N) is 1. The topological polar surface area (TPSA) is 119 Å². The van der Waals surface area contributed by atoms with E-state index in [0.29, 0.717) is 0 Å². The van der Waals surface area contributed by atoms with Gasteiger partial charge in [0.15, 0.2) is 6.61 Å². The van der Waals surface area contributed by atoms with Crippen molar-refractivity contribution >= 4 is 17.6 Å². The van der Waals surface area contributed by atoms with E-state index in [1.165, 1.54) is 6.08 Å². The number of rotatable bonds is 9. The molecule has 1 aromatic rings. The third-order valence-electron chi connectivity index (χ3n) is 3.07. The largest absolute Gasteiger partial charge is 0.484 e. The molecule has 0 fully saturated rings. The maximum absolute atomic E-state index is 12.2. The van der Waals surface area contributed by atoms with Crippen LogP contribution in [0.5, 0.6) is 5.75 Å². The number of carboxylic acids is 1. The van der Waals surface area contributed by atoms with Crippen LogP contribution in [0, 0.1) is 10.1 Å². The van der Waals surface area contributed by atoms with Crippen molar-refractivity contribution in [2.24, 2.45) is 0 Å². The number of nitrogens with one attached hydrogen (secondary N) is 1. The van der Waals surface area contributed by atoms with Gasteiger partial charge < -0.3 is 15.2 Å². The van der Waals surface area contributed by atoms with E-state index in [0.717, 1.165) is 18.2 Å². The molecule has 0 spiro atoms. The van der Waals surface area contributed by atoms with Crippen molar-refractivity contribution in [3.63, 3.8) is 0 Å². The molecule has 142 valence electrons. The van der Waals surface area contributed by atoms with Gasteiger partial charge in [0.1, 0.15) is 17.4 Å². The average molecular weight is 376 g/mol. The fourth-order valence-electron chi connectivity index (χ4n) is 1.89. The Morgan fingerprint density at radius 2 is 2.08 bits per heavy atom. The minimum Gasteiger partial charge on any atom is -0.484 e. The van der Waals surface area contributed by atoms with Crippen LogP contribution in [-0.2, 0) is 4.79 Å². The number of halogens is 3. The summed E-state index contributed by atoms with van der Waals surface area (Å²) >= 11 is 0. The first kappa shape index (κ1) is 20.9. The van der Waals surface area contributed by atoms with Crippen molar-refractivity contribution in [2.45, 2.75) is 25.1 Å². The molecule has 0 aliphatic carbocycles. The minimum atomic E-state index is -4.64. The van der Waals surface area contributed by atoms with Gasteiger partial charge in [-0.3, -0.25) is 14.9 Å². The van der Waals surface area contributed by atoms with Gasteiger partial charge in [-0.2, -0.15) is 13.2 Å². The van der Waals surface area contributed by atoms with Gasteiger partial charge in [-0.05, 0) is 25.0 Å². The second-order valence-electron chi connectivity index (χ2n) is 5.07. The molecule has 26 heavy (non-hydrogen) atoms. The van der Waals surface area contributed by atoms with Crippen molar-refractivity contribution in [2.75, 3.05) is 6.61 Å². The fraction of sp³-hybridized carbons (Fsp3) is 0.333. The molecule has 0 saturated heterocycles. The van der Waals surface area contributed by atoms with E-state index >= 15 is 0 Å². The van der Waals surface area contributed by atoms with Gasteiger partial charge in [0.2, 0.25) is 0 Å². The molecule has 1 atom stereocenters. The molecule has 1 amide bonds. The van der Waals surface area contributed by atoms with E-state index in [2.05, 4.69) is 16.6 Å². The first-order chi connectivity index (χ1) is 12.0. The lowest BCUT2D eigenvalue weighted by Crippen LogP contribution is -2.40. The first-order valence-corrected chi connectivity index (χ1v) is 7.17. The Hall–Kier alpha value is -3.11. The van der Waals surface area contributed by atoms with E-state index in [1.807, 2.05) is 0 Å². The number of carboxylic acid groups (broad SMARTS) is 1. The SMILES string of the molecule is C=CCCC(NC(=O)c1cc(OCC(F)(F)F)ccc1[N+](=O)[O-])C(=O)O. The summed E-state index contributed by atoms with van der Waals surface area (Å²) in [7, 11) is 0. The van der Waals surface area contributed by atoms with E-state index in [4.69, 9.17) is 5.11 Å². The second kappa shape index (κ2) is 8.83. The molecule has 0 bridgehead atoms. The number of aliphatic carboxylic acids is 1. The zero-order valence-electron chi connectivity index (χ0n) is 13.3. The van der Waals surface area contributed by atoms with Crippen molar-refractivity contribution in [1.82, 2.24) is 5.32 Å². The minimum absolute atomic E-state index is 0.0113. The second-order valence-corrected chi connectivity index (χ2v) is 5.07. The summed E-state index contributed by atoms with van der Waals surface area (Å²) in [5.74, 6) is -2.91. The fourth-order valence-corrected chi connectivity index (χ4v) is 1.89. The van der Waals surface area contributed by atoms with Crippen LogP contribution in [0.4, 0.5) is 18.9 Å². The molecule has 1 unspecified atom stereocenters. The number of allylic oxidation sites excluding steroid dienone is 1. The van der Waals surface area contributed by atoms with Gasteiger partial charge in [0.05, 0.1) is 4.92 Å². The Kier molecular flexibility index (Phi) is 7.11. The van der Waals surface area contributed by atoms with Crippen LogP contribution >= 0.6 is 0 Å². The van der Waals surface area contributed by atoms with Crippen LogP contribution < -0.4 is 10.1 Å². The molecule has 2 N–H and O–H groups in total. The highest BCUT2D eigenvalue weighted by Gasteiger charge is 2.30. The molecule has 8 nitrogen and oxygen atoms in total. The van der Waals surface area contributed by atoms with Crippen LogP contribution in [0.3, 0.4) is 0 Å². The molecule has 0 heterocycles. The molecular formula is C15H15F3N2O6. The highest BCUT2D eigenvalue weighted by atomic mass is 19.4. The maximum atomic E-state index is 12.2. The first-order valence-electron chi connectivity index (χ1n) is 7.17. The van der Waals surface area contributed by atoms with Gasteiger partial charge in [-0.25, -0.2) is 4.79 Å². The molecule has 0 aliphatic rings. The number of nitro benzene ring substituents is 1. The summed E-state index contributed by atoms with van der Waals surface area (Å²) in [4.78, 5) is 33.5. The lowest BCUT2D eigenvalue weighted by atomic mass is 10.1. The van der Waals surface area contributed by atoms with Crippen molar-refractivity contribution in [3.8, 4) is 5.75 Å². The lowest BCUT2D eigenvalue weighted by Gasteiger charge is -2.14. The van der Waals surface area contributed by atoms with Crippen LogP contribution in [0.15, 0.2) is 30.9 Å². The number of nitro groups is 1. The number of alkyl halides is 3. The number of hydrogen-bond donors (Lipinski definition) is 2. The van der Waals surface area contributed by atoms with Crippen LogP contribution in [0.25, 0.3) is 0 Å². The van der Waals surface area contributed by atoms with Crippen LogP contribution in [-0.4, -0.2) is 40.7 Å². The molecule has 11 heteroatoms. The number of carbonyl (C=O) groups excluding carboxylic acids is 1. The van der Waals surface area contributed by atoms with Crippen molar-refractivity contribution in [1.29, 1.82) is 0 Å². The maximum Gasteiger partial charge on any atom is 0.422 e. The van der Waals surface area contributed by atoms with E-state index in [1.54, 1.807) is 0 Å². The predicted molar refractivity (Wildman–Crippen MR) is 83.0 cm³/mol. The Balaban J connectivity index is 3.08. The Morgan fingerprint density at radius 1 is 1.42 bits per heavy atom. The van der Waals surface area contributed by atoms with Crippen molar-refractivity contribution in [3.05, 3.63) is 46.5 Å². The van der Waals surface area contributed by atoms with Gasteiger partial charge in [0.25, 0.3) is 11.6 Å². The van der Waals surface area contributed by atoms with Crippen molar-refractivity contribution < 1.29 is 37.5 Å². The number of amides is 1. The Morgan fingerprint density at radius 3 is 2.58 bits per heavy atom. The molecule has 0 radical (unpaired) electrons. The number of carbonyl (C=O) groups is 2. The highest BCUT2D eigenvalue weighted by Crippen LogP contribution is 2.26. The molecule has 1 aromatic carbocycles. The molecule has 1 rings (SSSR count). The lowest BCUT2D eigenvalue weighted by molar-refractivity contribution is -0.385. The summed E-state index contributed by atoms with van der Waals surface area (Å²) in [5.41, 5.74) is -1.31. The number of hydrogen-bond acceptors (Lipinski definition) is 5. The molecule has 0 saturated carbocycles. The smallest absolute Gasteiger partial charge is 0.422 e. The van der Waals surface area contributed by atoms with Crippen LogP contribution in [0.2, 0.25) is 0 Å². The summed E-state index contributed by atoms with van der Waals surface area (Å²) in [6, 6.07) is 1.12. The van der Waals surface area contributed by atoms with Gasteiger partial charge in [-0.15, -0.1) is 6.58 Å². The molecular weight excluding hydrogens is 361 g/mol. The van der Waals surface area contributed by atoms with Gasteiger partial charge >= 0.3 is 12.1 Å². The predicted octanol–water partition coefficient (Wildman–Crippen LogP) is 2.69. The monoisotopic (exact) mass is 376 g/mol. The van der Waals surface area contributed by atoms with E-state index < -0.39 is 52.6 Å². The average Bonchev–Trinajstić information content (AvgIpc) is 2.55. The van der Waals surface area contributed by atoms with Crippen LogP contribution in [0.1, 0.15) is 23.2 Å². The zero-order chi connectivity index (χ0) is 19.9. The standard InChI is InChI=1S/C15H15F3N2O6/c1-2-3-4-11(14(22)23)19-13(21)10-7-9(26-8-15(16,17)18)5-6-12(10)20(24)25/h2,5-7,11H,1,3-4,8H2,(H,19,21)(H,22,23). The summed E-state index contributed by atoms with van der Waals surface area (Å²) in [6.07, 6.45) is -2.96. The van der Waals surface area contributed by atoms with E-state index in [-0.39, 0.29) is 12.8 Å². The number of benzene rings is 1. The summed E-state index contributed by atoms with van der Waals surface area (Å²) in [5, 5.41) is 22.2. The highest BCUT2D eigenvalue weighted by molar-refractivity contribution is 6.00.